The summed E-state index contributed by atoms with van der Waals surface area (Å²) in [5.74, 6) is -0.738. The van der Waals surface area contributed by atoms with Crippen molar-refractivity contribution in [1.82, 2.24) is 5.32 Å². The molecule has 4 nitrogen and oxygen atoms in total. The minimum Gasteiger partial charge on any atom is -0.355 e. The molecule has 0 bridgehead atoms. The zero-order chi connectivity index (χ0) is 13.5. The quantitative estimate of drug-likeness (QED) is 0.841. The van der Waals surface area contributed by atoms with E-state index in [-0.39, 0.29) is 30.0 Å². The molecular formula is C13H17FN2O2. The van der Waals surface area contributed by atoms with Gasteiger partial charge in [-0.15, -0.1) is 0 Å². The molecule has 0 aliphatic carbocycles. The van der Waals surface area contributed by atoms with Crippen LogP contribution >= 0.6 is 0 Å². The molecule has 0 aliphatic heterocycles. The third kappa shape index (κ3) is 4.95. The molecule has 1 aromatic carbocycles. The summed E-state index contributed by atoms with van der Waals surface area (Å²) in [7, 11) is 0. The van der Waals surface area contributed by atoms with Gasteiger partial charge in [-0.25, -0.2) is 4.39 Å². The molecule has 0 fully saturated rings. The van der Waals surface area contributed by atoms with Crippen LogP contribution < -0.4 is 10.6 Å². The second-order valence-corrected chi connectivity index (χ2v) is 4.25. The number of carbonyl (C=O) groups excluding carboxylic acids is 2. The number of amides is 2. The van der Waals surface area contributed by atoms with E-state index in [9.17, 15) is 14.0 Å². The van der Waals surface area contributed by atoms with Crippen LogP contribution in [0.1, 0.15) is 20.3 Å². The molecule has 2 amide bonds. The van der Waals surface area contributed by atoms with Crippen LogP contribution in [-0.4, -0.2) is 18.4 Å². The second-order valence-electron chi connectivity index (χ2n) is 4.25. The molecule has 0 aromatic heterocycles. The number of nitrogens with one attached hydrogen (secondary N) is 2. The number of anilines is 1. The van der Waals surface area contributed by atoms with Crippen molar-refractivity contribution in [2.75, 3.05) is 11.9 Å². The van der Waals surface area contributed by atoms with Crippen molar-refractivity contribution >= 4 is 17.5 Å². The van der Waals surface area contributed by atoms with Gasteiger partial charge in [-0.3, -0.25) is 9.59 Å². The lowest BCUT2D eigenvalue weighted by Gasteiger charge is -2.08. The van der Waals surface area contributed by atoms with Crippen molar-refractivity contribution in [3.8, 4) is 0 Å². The van der Waals surface area contributed by atoms with Gasteiger partial charge in [0.05, 0.1) is 0 Å². The molecule has 0 saturated carbocycles. The minimum atomic E-state index is -0.350. The van der Waals surface area contributed by atoms with Gasteiger partial charge in [-0.2, -0.15) is 0 Å². The molecule has 1 rings (SSSR count). The highest BCUT2D eigenvalue weighted by Crippen LogP contribution is 2.08. The fourth-order valence-corrected chi connectivity index (χ4v) is 1.26. The first-order valence-electron chi connectivity index (χ1n) is 5.82. The van der Waals surface area contributed by atoms with Gasteiger partial charge in [0, 0.05) is 24.6 Å². The van der Waals surface area contributed by atoms with Crippen molar-refractivity contribution in [2.24, 2.45) is 5.92 Å². The first-order chi connectivity index (χ1) is 8.49. The van der Waals surface area contributed by atoms with Crippen LogP contribution in [0.3, 0.4) is 0 Å². The third-order valence-corrected chi connectivity index (χ3v) is 2.30. The lowest BCUT2D eigenvalue weighted by molar-refractivity contribution is -0.124. The van der Waals surface area contributed by atoms with Crippen LogP contribution in [0.5, 0.6) is 0 Å². The van der Waals surface area contributed by atoms with Crippen molar-refractivity contribution in [3.05, 3.63) is 30.1 Å². The smallest absolute Gasteiger partial charge is 0.226 e. The van der Waals surface area contributed by atoms with Gasteiger partial charge >= 0.3 is 0 Å². The summed E-state index contributed by atoms with van der Waals surface area (Å²) in [6.45, 7) is 3.87. The van der Waals surface area contributed by atoms with Crippen LogP contribution in [-0.2, 0) is 9.59 Å². The Morgan fingerprint density at radius 2 is 1.83 bits per heavy atom. The highest BCUT2D eigenvalue weighted by molar-refractivity contribution is 5.91. The Balaban J connectivity index is 2.30. The Bertz CT molecular complexity index is 416. The molecule has 98 valence electrons. The molecule has 1 aromatic rings. The number of carbonyl (C=O) groups is 2. The average molecular weight is 252 g/mol. The summed E-state index contributed by atoms with van der Waals surface area (Å²) in [4.78, 5) is 22.7. The Hall–Kier alpha value is -1.91. The molecule has 2 N–H and O–H groups in total. The van der Waals surface area contributed by atoms with E-state index in [0.29, 0.717) is 12.2 Å². The monoisotopic (exact) mass is 252 g/mol. The maximum Gasteiger partial charge on any atom is 0.226 e. The van der Waals surface area contributed by atoms with Crippen LogP contribution in [0, 0.1) is 11.7 Å². The lowest BCUT2D eigenvalue weighted by Crippen LogP contribution is -2.30. The normalized spacial score (nSPS) is 10.2. The summed E-state index contributed by atoms with van der Waals surface area (Å²) in [6, 6.07) is 5.52. The van der Waals surface area contributed by atoms with Gasteiger partial charge in [-0.05, 0) is 24.3 Å². The topological polar surface area (TPSA) is 58.2 Å². The van der Waals surface area contributed by atoms with Crippen LogP contribution in [0.2, 0.25) is 0 Å². The highest BCUT2D eigenvalue weighted by atomic mass is 19.1. The molecule has 0 radical (unpaired) electrons. The van der Waals surface area contributed by atoms with E-state index in [4.69, 9.17) is 0 Å². The molecule has 0 heterocycles. The van der Waals surface area contributed by atoms with E-state index in [2.05, 4.69) is 10.6 Å². The van der Waals surface area contributed by atoms with E-state index < -0.39 is 0 Å². The Morgan fingerprint density at radius 1 is 1.22 bits per heavy atom. The molecule has 18 heavy (non-hydrogen) atoms. The van der Waals surface area contributed by atoms with Gasteiger partial charge < -0.3 is 10.6 Å². The number of rotatable bonds is 5. The SMILES string of the molecule is CC(C)C(=O)NCCC(=O)Nc1ccc(F)cc1. The van der Waals surface area contributed by atoms with Crippen molar-refractivity contribution in [3.63, 3.8) is 0 Å². The Morgan fingerprint density at radius 3 is 2.39 bits per heavy atom. The molecule has 0 saturated heterocycles. The fourth-order valence-electron chi connectivity index (χ4n) is 1.26. The van der Waals surface area contributed by atoms with E-state index in [1.54, 1.807) is 13.8 Å². The standard InChI is InChI=1S/C13H17FN2O2/c1-9(2)13(18)15-8-7-12(17)16-11-5-3-10(14)4-6-11/h3-6,9H,7-8H2,1-2H3,(H,15,18)(H,16,17). The minimum absolute atomic E-state index is 0.0791. The Labute approximate surface area is 106 Å². The van der Waals surface area contributed by atoms with Crippen LogP contribution in [0.4, 0.5) is 10.1 Å². The van der Waals surface area contributed by atoms with Crippen LogP contribution in [0.15, 0.2) is 24.3 Å². The summed E-state index contributed by atoms with van der Waals surface area (Å²) >= 11 is 0. The van der Waals surface area contributed by atoms with Crippen molar-refractivity contribution in [2.45, 2.75) is 20.3 Å². The predicted octanol–water partition coefficient (Wildman–Crippen LogP) is 1.93. The third-order valence-electron chi connectivity index (χ3n) is 2.30. The first kappa shape index (κ1) is 14.2. The maximum atomic E-state index is 12.6. The van der Waals surface area contributed by atoms with E-state index >= 15 is 0 Å². The highest BCUT2D eigenvalue weighted by Gasteiger charge is 2.07. The average Bonchev–Trinajstić information content (AvgIpc) is 2.32. The number of hydrogen-bond donors (Lipinski definition) is 2. The van der Waals surface area contributed by atoms with Crippen molar-refractivity contribution < 1.29 is 14.0 Å². The zero-order valence-corrected chi connectivity index (χ0v) is 10.5. The fraction of sp³-hybridized carbons (Fsp3) is 0.385. The summed E-state index contributed by atoms with van der Waals surface area (Å²) in [5, 5.41) is 5.26. The van der Waals surface area contributed by atoms with Gasteiger partial charge in [0.1, 0.15) is 5.82 Å². The molecular weight excluding hydrogens is 235 g/mol. The first-order valence-corrected chi connectivity index (χ1v) is 5.82. The Kier molecular flexibility index (Phi) is 5.30. The predicted molar refractivity (Wildman–Crippen MR) is 67.5 cm³/mol. The van der Waals surface area contributed by atoms with Gasteiger partial charge in [0.25, 0.3) is 0 Å². The van der Waals surface area contributed by atoms with Gasteiger partial charge in [0.2, 0.25) is 11.8 Å². The number of hydrogen-bond acceptors (Lipinski definition) is 2. The summed E-state index contributed by atoms with van der Waals surface area (Å²) < 4.78 is 12.6. The second kappa shape index (κ2) is 6.74. The van der Waals surface area contributed by atoms with Crippen LogP contribution in [0.25, 0.3) is 0 Å². The van der Waals surface area contributed by atoms with Crippen molar-refractivity contribution in [1.29, 1.82) is 0 Å². The molecule has 0 unspecified atom stereocenters. The van der Waals surface area contributed by atoms with E-state index in [1.165, 1.54) is 24.3 Å². The number of benzene rings is 1. The summed E-state index contributed by atoms with van der Waals surface area (Å²) in [5.41, 5.74) is 0.539. The van der Waals surface area contributed by atoms with E-state index in [0.717, 1.165) is 0 Å². The molecule has 0 atom stereocenters. The maximum absolute atomic E-state index is 12.6. The number of halogens is 1. The molecule has 5 heteroatoms. The zero-order valence-electron chi connectivity index (χ0n) is 10.5. The molecule has 0 spiro atoms. The lowest BCUT2D eigenvalue weighted by atomic mass is 10.2. The summed E-state index contributed by atoms with van der Waals surface area (Å²) in [6.07, 6.45) is 0.190. The van der Waals surface area contributed by atoms with E-state index in [1.807, 2.05) is 0 Å². The largest absolute Gasteiger partial charge is 0.355 e. The van der Waals surface area contributed by atoms with Gasteiger partial charge in [0.15, 0.2) is 0 Å². The molecule has 0 aliphatic rings. The van der Waals surface area contributed by atoms with Gasteiger partial charge in [-0.1, -0.05) is 13.8 Å².